The van der Waals surface area contributed by atoms with Gasteiger partial charge in [-0.1, -0.05) is 13.0 Å². The Kier molecular flexibility index (Phi) is 2.09. The van der Waals surface area contributed by atoms with Crippen LogP contribution in [0.5, 0.6) is 0 Å². The van der Waals surface area contributed by atoms with E-state index in [0.717, 1.165) is 12.8 Å². The van der Waals surface area contributed by atoms with Crippen molar-refractivity contribution in [3.63, 3.8) is 0 Å². The fraction of sp³-hybridized carbons (Fsp3) is 0.636. The normalized spacial score (nSPS) is 43.3. The van der Waals surface area contributed by atoms with Gasteiger partial charge in [-0.2, -0.15) is 5.26 Å². The first-order valence-electron chi connectivity index (χ1n) is 4.97. The largest absolute Gasteiger partial charge is 0.478 e. The van der Waals surface area contributed by atoms with E-state index in [4.69, 9.17) is 22.0 Å². The van der Waals surface area contributed by atoms with Gasteiger partial charge in [0, 0.05) is 16.9 Å². The van der Waals surface area contributed by atoms with Crippen LogP contribution in [0.4, 0.5) is 0 Å². The zero-order chi connectivity index (χ0) is 11.3. The van der Waals surface area contributed by atoms with E-state index in [-0.39, 0.29) is 5.92 Å². The molecule has 1 N–H and O–H groups in total. The molecule has 1 fully saturated rings. The Morgan fingerprint density at radius 1 is 1.80 bits per heavy atom. The average Bonchev–Trinajstić information content (AvgIpc) is 2.16. The van der Waals surface area contributed by atoms with Crippen LogP contribution in [0.15, 0.2) is 11.6 Å². The number of hydrogen-bond acceptors (Lipinski definition) is 2. The van der Waals surface area contributed by atoms with Gasteiger partial charge < -0.3 is 5.11 Å². The number of fused-ring (bicyclic) bond motifs is 2. The molecule has 0 radical (unpaired) electrons. The molecule has 4 heteroatoms. The third-order valence-corrected chi connectivity index (χ3v) is 4.18. The van der Waals surface area contributed by atoms with Crippen molar-refractivity contribution in [1.29, 1.82) is 5.26 Å². The Morgan fingerprint density at radius 3 is 2.93 bits per heavy atom. The molecule has 0 spiro atoms. The molecule has 3 nitrogen and oxygen atoms in total. The lowest BCUT2D eigenvalue weighted by Crippen LogP contribution is -2.47. The van der Waals surface area contributed by atoms with Crippen molar-refractivity contribution in [3.8, 4) is 6.07 Å². The molecule has 80 valence electrons. The van der Waals surface area contributed by atoms with Crippen molar-refractivity contribution in [3.05, 3.63) is 11.6 Å². The summed E-state index contributed by atoms with van der Waals surface area (Å²) in [5.41, 5.74) is 0.00296. The van der Waals surface area contributed by atoms with E-state index >= 15 is 0 Å². The van der Waals surface area contributed by atoms with Gasteiger partial charge in [-0.25, -0.2) is 4.79 Å². The summed E-state index contributed by atoms with van der Waals surface area (Å²) >= 11 is 6.22. The molecule has 3 aliphatic rings. The summed E-state index contributed by atoms with van der Waals surface area (Å²) in [6.45, 7) is 1.89. The Bertz CT molecular complexity index is 398. The predicted molar refractivity (Wildman–Crippen MR) is 55.4 cm³/mol. The number of halogens is 1. The second kappa shape index (κ2) is 2.99. The SMILES string of the molecule is C[C@]12CC[C@H](C=C1C(=O)O)C(Cl)(C#N)C2. The lowest BCUT2D eigenvalue weighted by Gasteiger charge is -2.48. The van der Waals surface area contributed by atoms with Crippen LogP contribution >= 0.6 is 11.6 Å². The minimum atomic E-state index is -0.897. The first kappa shape index (κ1) is 10.5. The molecule has 3 rings (SSSR count). The number of nitrogens with zero attached hydrogens (tertiary/aromatic N) is 1. The molecule has 3 atom stereocenters. The number of carboxylic acids is 1. The van der Waals surface area contributed by atoms with Crippen LogP contribution in [0.25, 0.3) is 0 Å². The number of aliphatic carboxylic acids is 1. The van der Waals surface area contributed by atoms with E-state index in [9.17, 15) is 4.79 Å². The fourth-order valence-corrected chi connectivity index (χ4v) is 3.26. The quantitative estimate of drug-likeness (QED) is 0.697. The van der Waals surface area contributed by atoms with Crippen LogP contribution in [-0.4, -0.2) is 16.0 Å². The maximum absolute atomic E-state index is 11.1. The molecule has 0 aromatic carbocycles. The topological polar surface area (TPSA) is 61.1 Å². The molecule has 15 heavy (non-hydrogen) atoms. The summed E-state index contributed by atoms with van der Waals surface area (Å²) in [5, 5.41) is 18.1. The van der Waals surface area contributed by atoms with Crippen molar-refractivity contribution >= 4 is 17.6 Å². The summed E-state index contributed by atoms with van der Waals surface area (Å²) in [6.07, 6.45) is 3.75. The second-order valence-corrected chi connectivity index (χ2v) is 5.42. The molecule has 0 amide bonds. The fourth-order valence-electron chi connectivity index (χ4n) is 2.79. The number of hydrogen-bond donors (Lipinski definition) is 1. The van der Waals surface area contributed by atoms with Gasteiger partial charge >= 0.3 is 5.97 Å². The van der Waals surface area contributed by atoms with Crippen molar-refractivity contribution in [2.75, 3.05) is 0 Å². The number of rotatable bonds is 1. The van der Waals surface area contributed by atoms with E-state index < -0.39 is 16.3 Å². The van der Waals surface area contributed by atoms with Crippen molar-refractivity contribution < 1.29 is 9.90 Å². The van der Waals surface area contributed by atoms with Crippen molar-refractivity contribution in [2.45, 2.75) is 31.1 Å². The average molecular weight is 226 g/mol. The van der Waals surface area contributed by atoms with Crippen molar-refractivity contribution in [1.82, 2.24) is 0 Å². The van der Waals surface area contributed by atoms with Gasteiger partial charge in [0.15, 0.2) is 0 Å². The lowest BCUT2D eigenvalue weighted by atomic mass is 9.57. The van der Waals surface area contributed by atoms with Gasteiger partial charge in [-0.3, -0.25) is 0 Å². The summed E-state index contributed by atoms with van der Waals surface area (Å²) in [7, 11) is 0. The Labute approximate surface area is 93.3 Å². The van der Waals surface area contributed by atoms with Gasteiger partial charge in [0.05, 0.1) is 6.07 Å². The summed E-state index contributed by atoms with van der Waals surface area (Å²) < 4.78 is 0. The molecule has 0 heterocycles. The van der Waals surface area contributed by atoms with Crippen LogP contribution < -0.4 is 0 Å². The molecule has 0 aliphatic heterocycles. The van der Waals surface area contributed by atoms with E-state index in [2.05, 4.69) is 6.07 Å². The molecule has 1 unspecified atom stereocenters. The van der Waals surface area contributed by atoms with E-state index in [0.29, 0.717) is 12.0 Å². The third-order valence-electron chi connectivity index (χ3n) is 3.68. The zero-order valence-electron chi connectivity index (χ0n) is 8.46. The second-order valence-electron chi connectivity index (χ2n) is 4.74. The number of nitriles is 1. The molecular formula is C11H12ClNO2. The first-order chi connectivity index (χ1) is 6.91. The van der Waals surface area contributed by atoms with Crippen LogP contribution in [-0.2, 0) is 4.79 Å². The minimum absolute atomic E-state index is 0.114. The van der Waals surface area contributed by atoms with Crippen LogP contribution in [0.2, 0.25) is 0 Å². The third kappa shape index (κ3) is 1.36. The molecular weight excluding hydrogens is 214 g/mol. The molecule has 1 saturated carbocycles. The Balaban J connectivity index is 2.48. The molecule has 0 aromatic heterocycles. The van der Waals surface area contributed by atoms with Gasteiger partial charge in [-0.15, -0.1) is 11.6 Å². The van der Waals surface area contributed by atoms with E-state index in [1.807, 2.05) is 6.92 Å². The highest BCUT2D eigenvalue weighted by molar-refractivity contribution is 6.26. The van der Waals surface area contributed by atoms with Crippen LogP contribution in [0.1, 0.15) is 26.2 Å². The Morgan fingerprint density at radius 2 is 2.47 bits per heavy atom. The van der Waals surface area contributed by atoms with E-state index in [1.165, 1.54) is 0 Å². The minimum Gasteiger partial charge on any atom is -0.478 e. The zero-order valence-corrected chi connectivity index (χ0v) is 9.21. The lowest BCUT2D eigenvalue weighted by molar-refractivity contribution is -0.134. The number of carbonyl (C=O) groups is 1. The van der Waals surface area contributed by atoms with Crippen LogP contribution in [0, 0.1) is 22.7 Å². The molecule has 3 aliphatic carbocycles. The maximum Gasteiger partial charge on any atom is 0.331 e. The molecule has 0 saturated heterocycles. The van der Waals surface area contributed by atoms with E-state index in [1.54, 1.807) is 6.08 Å². The summed E-state index contributed by atoms with van der Waals surface area (Å²) in [4.78, 5) is 10.2. The summed E-state index contributed by atoms with van der Waals surface area (Å²) in [5.74, 6) is -0.990. The highest BCUT2D eigenvalue weighted by Gasteiger charge is 2.54. The smallest absolute Gasteiger partial charge is 0.331 e. The Hall–Kier alpha value is -1.01. The number of allylic oxidation sites excluding steroid dienone is 1. The van der Waals surface area contributed by atoms with Gasteiger partial charge in [0.25, 0.3) is 0 Å². The maximum atomic E-state index is 11.1. The first-order valence-corrected chi connectivity index (χ1v) is 5.35. The number of carboxylic acid groups (broad SMARTS) is 1. The van der Waals surface area contributed by atoms with Crippen LogP contribution in [0.3, 0.4) is 0 Å². The predicted octanol–water partition coefficient (Wildman–Crippen LogP) is 2.32. The summed E-state index contributed by atoms with van der Waals surface area (Å²) in [6, 6.07) is 2.12. The monoisotopic (exact) mass is 225 g/mol. The highest BCUT2D eigenvalue weighted by atomic mass is 35.5. The van der Waals surface area contributed by atoms with Gasteiger partial charge in [-0.05, 0) is 19.3 Å². The van der Waals surface area contributed by atoms with Gasteiger partial charge in [0.1, 0.15) is 4.87 Å². The van der Waals surface area contributed by atoms with Crippen molar-refractivity contribution in [2.24, 2.45) is 11.3 Å². The highest BCUT2D eigenvalue weighted by Crippen LogP contribution is 2.56. The molecule has 0 aromatic rings. The number of alkyl halides is 1. The molecule has 2 bridgehead atoms. The van der Waals surface area contributed by atoms with Gasteiger partial charge in [0.2, 0.25) is 0 Å². The standard InChI is InChI=1S/C11H12ClNO2/c1-10-3-2-7(4-8(10)9(14)15)11(12,5-10)6-13/h4,7H,2-3,5H2,1H3,(H,14,15)/t7-,10-,11?/m1/s1.